The summed E-state index contributed by atoms with van der Waals surface area (Å²) in [4.78, 5) is 31.0. The van der Waals surface area contributed by atoms with Gasteiger partial charge in [-0.25, -0.2) is 0 Å². The van der Waals surface area contributed by atoms with Gasteiger partial charge in [0.2, 0.25) is 11.8 Å². The van der Waals surface area contributed by atoms with Crippen LogP contribution in [-0.4, -0.2) is 47.8 Å². The summed E-state index contributed by atoms with van der Waals surface area (Å²) in [6, 6.07) is 26.8. The summed E-state index contributed by atoms with van der Waals surface area (Å²) in [6.07, 6.45) is 4.05. The zero-order valence-electron chi connectivity index (χ0n) is 23.4. The molecule has 2 aliphatic heterocycles. The fourth-order valence-corrected chi connectivity index (χ4v) is 6.30. The van der Waals surface area contributed by atoms with Gasteiger partial charge >= 0.3 is 0 Å². The molecule has 0 aromatic heterocycles. The van der Waals surface area contributed by atoms with E-state index in [2.05, 4.69) is 71.4 Å². The molecule has 5 heteroatoms. The second-order valence-electron chi connectivity index (χ2n) is 11.5. The van der Waals surface area contributed by atoms with Crippen molar-refractivity contribution in [2.45, 2.75) is 58.5 Å². The van der Waals surface area contributed by atoms with Crippen LogP contribution in [0.4, 0.5) is 0 Å². The minimum atomic E-state index is -0.190. The van der Waals surface area contributed by atoms with Crippen LogP contribution in [0, 0.1) is 19.3 Å². The van der Waals surface area contributed by atoms with Crippen molar-refractivity contribution in [3.05, 3.63) is 107 Å². The van der Waals surface area contributed by atoms with E-state index in [0.29, 0.717) is 18.9 Å². The second-order valence-corrected chi connectivity index (χ2v) is 11.5. The van der Waals surface area contributed by atoms with E-state index in [1.807, 2.05) is 36.4 Å². The number of nitrogens with one attached hydrogen (secondary N) is 1. The molecule has 0 radical (unpaired) electrons. The van der Waals surface area contributed by atoms with Crippen LogP contribution >= 0.6 is 0 Å². The predicted octanol–water partition coefficient (Wildman–Crippen LogP) is 5.61. The Balaban J connectivity index is 1.16. The van der Waals surface area contributed by atoms with E-state index in [0.717, 1.165) is 68.6 Å². The van der Waals surface area contributed by atoms with Gasteiger partial charge in [-0.15, -0.1) is 0 Å². The van der Waals surface area contributed by atoms with Gasteiger partial charge < -0.3 is 15.1 Å². The zero-order chi connectivity index (χ0) is 27.2. The van der Waals surface area contributed by atoms with E-state index in [4.69, 9.17) is 0 Å². The Hall–Kier alpha value is -3.44. The van der Waals surface area contributed by atoms with Crippen molar-refractivity contribution in [1.82, 2.24) is 15.1 Å². The van der Waals surface area contributed by atoms with Gasteiger partial charge in [0.05, 0.1) is 17.9 Å². The summed E-state index contributed by atoms with van der Waals surface area (Å²) in [5.74, 6) is 0.398. The maximum Gasteiger partial charge on any atom is 0.229 e. The van der Waals surface area contributed by atoms with Crippen molar-refractivity contribution >= 4 is 11.8 Å². The summed E-state index contributed by atoms with van der Waals surface area (Å²) in [5, 5.41) is 3.32. The fourth-order valence-electron chi connectivity index (χ4n) is 6.30. The molecule has 0 aliphatic carbocycles. The van der Waals surface area contributed by atoms with Crippen LogP contribution in [0.15, 0.2) is 78.9 Å². The molecule has 5 nitrogen and oxygen atoms in total. The highest BCUT2D eigenvalue weighted by molar-refractivity contribution is 5.85. The molecule has 2 aliphatic rings. The maximum atomic E-state index is 13.4. The van der Waals surface area contributed by atoms with Crippen LogP contribution in [0.3, 0.4) is 0 Å². The minimum absolute atomic E-state index is 0.0326. The second kappa shape index (κ2) is 12.2. The van der Waals surface area contributed by atoms with E-state index in [1.165, 1.54) is 11.1 Å². The number of rotatable bonds is 9. The van der Waals surface area contributed by atoms with Crippen molar-refractivity contribution in [3.8, 4) is 0 Å². The number of carbonyl (C=O) groups excluding carboxylic acids is 2. The summed E-state index contributed by atoms with van der Waals surface area (Å²) in [7, 11) is 0. The van der Waals surface area contributed by atoms with Crippen LogP contribution in [-0.2, 0) is 22.6 Å². The van der Waals surface area contributed by atoms with E-state index < -0.39 is 0 Å². The van der Waals surface area contributed by atoms with Gasteiger partial charge in [0.1, 0.15) is 0 Å². The van der Waals surface area contributed by atoms with Gasteiger partial charge in [0, 0.05) is 19.6 Å². The zero-order valence-corrected chi connectivity index (χ0v) is 23.4. The average molecular weight is 524 g/mol. The largest absolute Gasteiger partial charge is 0.349 e. The van der Waals surface area contributed by atoms with Crippen molar-refractivity contribution in [1.29, 1.82) is 0 Å². The van der Waals surface area contributed by atoms with Crippen LogP contribution in [0.1, 0.15) is 59.5 Å². The third kappa shape index (κ3) is 6.59. The molecule has 2 saturated heterocycles. The molecule has 39 heavy (non-hydrogen) atoms. The number of hydrogen-bond acceptors (Lipinski definition) is 3. The van der Waals surface area contributed by atoms with Crippen LogP contribution in [0.2, 0.25) is 0 Å². The van der Waals surface area contributed by atoms with Crippen molar-refractivity contribution < 1.29 is 9.59 Å². The number of likely N-dealkylation sites (tertiary alicyclic amines) is 2. The van der Waals surface area contributed by atoms with Gasteiger partial charge in [-0.1, -0.05) is 84.4 Å². The summed E-state index contributed by atoms with van der Waals surface area (Å²) in [5.41, 5.74) is 5.60. The lowest BCUT2D eigenvalue weighted by Crippen LogP contribution is -2.45. The number of nitrogens with zero attached hydrogens (tertiary/aromatic N) is 2. The lowest BCUT2D eigenvalue weighted by Gasteiger charge is -2.38. The summed E-state index contributed by atoms with van der Waals surface area (Å²) >= 11 is 0. The first-order chi connectivity index (χ1) is 18.9. The molecule has 204 valence electrons. The molecule has 2 amide bonds. The molecule has 0 bridgehead atoms. The van der Waals surface area contributed by atoms with Crippen molar-refractivity contribution in [2.24, 2.45) is 5.41 Å². The molecule has 1 N–H and O–H groups in total. The molecule has 1 unspecified atom stereocenters. The first-order valence-corrected chi connectivity index (χ1v) is 14.4. The number of benzene rings is 3. The molecular formula is C34H41N3O2. The highest BCUT2D eigenvalue weighted by Gasteiger charge is 2.47. The fraction of sp³-hybridized carbons (Fsp3) is 0.412. The van der Waals surface area contributed by atoms with E-state index in [1.54, 1.807) is 0 Å². The molecule has 2 heterocycles. The number of aryl methyl sites for hydroxylation is 2. The highest BCUT2D eigenvalue weighted by atomic mass is 16.2. The Kier molecular flexibility index (Phi) is 8.47. The van der Waals surface area contributed by atoms with Gasteiger partial charge in [-0.3, -0.25) is 9.59 Å². The lowest BCUT2D eigenvalue weighted by atomic mass is 9.77. The SMILES string of the molecule is Cc1ccc(CC(=O)NC(CCN2CCC3(CC2)CCN(Cc2ccccc2)C3=O)c2ccccc2)c(C)c1. The summed E-state index contributed by atoms with van der Waals surface area (Å²) in [6.45, 7) is 8.49. The third-order valence-electron chi connectivity index (χ3n) is 8.75. The highest BCUT2D eigenvalue weighted by Crippen LogP contribution is 2.42. The van der Waals surface area contributed by atoms with Gasteiger partial charge in [-0.05, 0) is 74.9 Å². The Morgan fingerprint density at radius 3 is 2.26 bits per heavy atom. The molecule has 3 aromatic carbocycles. The van der Waals surface area contributed by atoms with Gasteiger partial charge in [0.25, 0.3) is 0 Å². The predicted molar refractivity (Wildman–Crippen MR) is 156 cm³/mol. The van der Waals surface area contributed by atoms with Gasteiger partial charge in [0.15, 0.2) is 0 Å². The van der Waals surface area contributed by atoms with E-state index in [9.17, 15) is 9.59 Å². The average Bonchev–Trinajstić information content (AvgIpc) is 3.24. The van der Waals surface area contributed by atoms with E-state index in [-0.39, 0.29) is 17.4 Å². The van der Waals surface area contributed by atoms with Crippen LogP contribution < -0.4 is 5.32 Å². The lowest BCUT2D eigenvalue weighted by molar-refractivity contribution is -0.139. The Labute approximate surface area is 233 Å². The molecule has 1 atom stereocenters. The number of carbonyl (C=O) groups is 2. The standard InChI is InChI=1S/C34H41N3O2/c1-26-13-14-30(27(2)23-26)24-32(38)35-31(29-11-7-4-8-12-29)15-19-36-20-16-34(17-21-36)18-22-37(33(34)39)25-28-9-5-3-6-10-28/h3-14,23,31H,15-22,24-25H2,1-2H3,(H,35,38). The molecule has 2 fully saturated rings. The first kappa shape index (κ1) is 27.1. The molecule has 0 saturated carbocycles. The Morgan fingerprint density at radius 2 is 1.56 bits per heavy atom. The van der Waals surface area contributed by atoms with Crippen molar-refractivity contribution in [3.63, 3.8) is 0 Å². The number of hydrogen-bond donors (Lipinski definition) is 1. The molecule has 5 rings (SSSR count). The maximum absolute atomic E-state index is 13.4. The Morgan fingerprint density at radius 1 is 0.897 bits per heavy atom. The van der Waals surface area contributed by atoms with Gasteiger partial charge in [-0.2, -0.15) is 0 Å². The first-order valence-electron chi connectivity index (χ1n) is 14.4. The minimum Gasteiger partial charge on any atom is -0.349 e. The molecule has 1 spiro atoms. The summed E-state index contributed by atoms with van der Waals surface area (Å²) < 4.78 is 0. The molecule has 3 aromatic rings. The normalized spacial score (nSPS) is 17.9. The topological polar surface area (TPSA) is 52.7 Å². The van der Waals surface area contributed by atoms with E-state index >= 15 is 0 Å². The quantitative estimate of drug-likeness (QED) is 0.397. The van der Waals surface area contributed by atoms with Crippen LogP contribution in [0.5, 0.6) is 0 Å². The third-order valence-corrected chi connectivity index (χ3v) is 8.75. The van der Waals surface area contributed by atoms with Crippen LogP contribution in [0.25, 0.3) is 0 Å². The molecular weight excluding hydrogens is 482 g/mol. The smallest absolute Gasteiger partial charge is 0.229 e. The Bertz CT molecular complexity index is 1270. The monoisotopic (exact) mass is 523 g/mol. The van der Waals surface area contributed by atoms with Crippen molar-refractivity contribution in [2.75, 3.05) is 26.2 Å². The number of piperidine rings is 1. The number of amides is 2.